The molecule has 1 fully saturated rings. The minimum atomic E-state index is -0.501. The van der Waals surface area contributed by atoms with E-state index in [0.717, 1.165) is 36.5 Å². The summed E-state index contributed by atoms with van der Waals surface area (Å²) in [6.07, 6.45) is 3.77. The lowest BCUT2D eigenvalue weighted by Crippen LogP contribution is -2.37. The lowest BCUT2D eigenvalue weighted by atomic mass is 10.1. The standard InChI is InChI=1S/C26H31FN10O3/c1-16(23-28-14-18(27)15-29-23)30-24-32-25(34-26(33-24)37-8-10-40-11-9-37)31-22-13-19(35-36-22)6-4-17-5-7-20(38-2)21(12-17)39-3/h5,7,12-16H,4,6,8-11H2,1-3H3,(H3,30,31,32,33,34,35,36)/t16-/m0/s1. The molecule has 40 heavy (non-hydrogen) atoms. The van der Waals surface area contributed by atoms with Crippen molar-refractivity contribution in [2.24, 2.45) is 0 Å². The summed E-state index contributed by atoms with van der Waals surface area (Å²) in [5.74, 6) is 3.02. The molecule has 1 aliphatic heterocycles. The maximum absolute atomic E-state index is 13.3. The van der Waals surface area contributed by atoms with Gasteiger partial charge in [0.05, 0.1) is 45.9 Å². The highest BCUT2D eigenvalue weighted by molar-refractivity contribution is 5.53. The van der Waals surface area contributed by atoms with Crippen LogP contribution in [0.2, 0.25) is 0 Å². The average Bonchev–Trinajstić information content (AvgIpc) is 3.43. The maximum atomic E-state index is 13.3. The summed E-state index contributed by atoms with van der Waals surface area (Å²) in [4.78, 5) is 23.9. The summed E-state index contributed by atoms with van der Waals surface area (Å²) in [5.41, 5.74) is 2.06. The summed E-state index contributed by atoms with van der Waals surface area (Å²) < 4.78 is 29.5. The first kappa shape index (κ1) is 27.0. The van der Waals surface area contributed by atoms with E-state index in [1.54, 1.807) is 14.2 Å². The van der Waals surface area contributed by atoms with Crippen LogP contribution in [0.1, 0.15) is 30.0 Å². The molecule has 1 aliphatic rings. The Morgan fingerprint density at radius 1 is 1.00 bits per heavy atom. The zero-order chi connectivity index (χ0) is 27.9. The number of anilines is 4. The van der Waals surface area contributed by atoms with Crippen LogP contribution in [0.15, 0.2) is 36.7 Å². The van der Waals surface area contributed by atoms with Crippen LogP contribution in [0.5, 0.6) is 11.5 Å². The molecule has 4 heterocycles. The molecule has 0 aliphatic carbocycles. The molecular weight excluding hydrogens is 519 g/mol. The molecule has 5 rings (SSSR count). The van der Waals surface area contributed by atoms with Gasteiger partial charge in [0.25, 0.3) is 0 Å². The first-order valence-corrected chi connectivity index (χ1v) is 12.9. The number of nitrogens with zero attached hydrogens (tertiary/aromatic N) is 7. The number of H-pyrrole nitrogens is 1. The summed E-state index contributed by atoms with van der Waals surface area (Å²) in [6, 6.07) is 7.43. The molecule has 0 radical (unpaired) electrons. The zero-order valence-corrected chi connectivity index (χ0v) is 22.5. The Morgan fingerprint density at radius 2 is 1.75 bits per heavy atom. The SMILES string of the molecule is COc1ccc(CCc2cc(Nc3nc(N[C@@H](C)c4ncc(F)cn4)nc(N4CCOCC4)n3)n[nH]2)cc1OC. The zero-order valence-electron chi connectivity index (χ0n) is 22.5. The third-order valence-corrected chi connectivity index (χ3v) is 6.29. The molecular formula is C26H31FN10O3. The molecule has 0 spiro atoms. The molecule has 13 nitrogen and oxygen atoms in total. The van der Waals surface area contributed by atoms with Crippen LogP contribution in [-0.2, 0) is 17.6 Å². The lowest BCUT2D eigenvalue weighted by Gasteiger charge is -2.27. The number of hydrogen-bond acceptors (Lipinski definition) is 12. The van der Waals surface area contributed by atoms with Crippen molar-refractivity contribution < 1.29 is 18.6 Å². The van der Waals surface area contributed by atoms with Crippen LogP contribution < -0.4 is 25.0 Å². The first-order valence-electron chi connectivity index (χ1n) is 12.9. The molecule has 3 N–H and O–H groups in total. The first-order chi connectivity index (χ1) is 19.5. The fraction of sp³-hybridized carbons (Fsp3) is 0.385. The molecule has 1 atom stereocenters. The number of methoxy groups -OCH3 is 2. The number of hydrogen-bond donors (Lipinski definition) is 3. The van der Waals surface area contributed by atoms with Gasteiger partial charge in [-0.2, -0.15) is 20.1 Å². The van der Waals surface area contributed by atoms with E-state index in [9.17, 15) is 4.39 Å². The lowest BCUT2D eigenvalue weighted by molar-refractivity contribution is 0.122. The highest BCUT2D eigenvalue weighted by Gasteiger charge is 2.19. The average molecular weight is 551 g/mol. The normalized spacial score (nSPS) is 14.1. The van der Waals surface area contributed by atoms with E-state index in [2.05, 4.69) is 45.8 Å². The van der Waals surface area contributed by atoms with Gasteiger partial charge in [-0.15, -0.1) is 0 Å². The van der Waals surface area contributed by atoms with Crippen molar-refractivity contribution in [3.63, 3.8) is 0 Å². The Bertz CT molecular complexity index is 1410. The molecule has 0 bridgehead atoms. The van der Waals surface area contributed by atoms with E-state index in [-0.39, 0.29) is 6.04 Å². The number of morpholine rings is 1. The predicted molar refractivity (Wildman–Crippen MR) is 146 cm³/mol. The van der Waals surface area contributed by atoms with Gasteiger partial charge >= 0.3 is 0 Å². The Hall–Kier alpha value is -4.59. The minimum absolute atomic E-state index is 0.323. The van der Waals surface area contributed by atoms with Gasteiger partial charge in [-0.25, -0.2) is 14.4 Å². The third-order valence-electron chi connectivity index (χ3n) is 6.29. The van der Waals surface area contributed by atoms with E-state index in [1.165, 1.54) is 0 Å². The number of halogens is 1. The molecule has 0 amide bonds. The van der Waals surface area contributed by atoms with Crippen LogP contribution in [0.3, 0.4) is 0 Å². The predicted octanol–water partition coefficient (Wildman–Crippen LogP) is 3.08. The van der Waals surface area contributed by atoms with E-state index >= 15 is 0 Å². The van der Waals surface area contributed by atoms with Crippen molar-refractivity contribution in [2.45, 2.75) is 25.8 Å². The molecule has 14 heteroatoms. The Balaban J connectivity index is 1.30. The van der Waals surface area contributed by atoms with Crippen molar-refractivity contribution in [1.29, 1.82) is 0 Å². The Kier molecular flexibility index (Phi) is 8.44. The fourth-order valence-electron chi connectivity index (χ4n) is 4.18. The Labute approximate surface area is 230 Å². The molecule has 1 saturated heterocycles. The van der Waals surface area contributed by atoms with Gasteiger partial charge < -0.3 is 29.7 Å². The van der Waals surface area contributed by atoms with Crippen LogP contribution in [0.4, 0.5) is 28.1 Å². The second-order valence-electron chi connectivity index (χ2n) is 9.10. The van der Waals surface area contributed by atoms with E-state index < -0.39 is 5.82 Å². The number of ether oxygens (including phenoxy) is 3. The number of rotatable bonds is 11. The number of aromatic amines is 1. The highest BCUT2D eigenvalue weighted by Crippen LogP contribution is 2.28. The molecule has 0 saturated carbocycles. The van der Waals surface area contributed by atoms with Gasteiger partial charge in [0.2, 0.25) is 17.8 Å². The van der Waals surface area contributed by atoms with Gasteiger partial charge in [-0.1, -0.05) is 6.07 Å². The summed E-state index contributed by atoms with van der Waals surface area (Å²) in [6.45, 7) is 4.32. The quantitative estimate of drug-likeness (QED) is 0.252. The van der Waals surface area contributed by atoms with Crippen molar-refractivity contribution >= 4 is 23.7 Å². The van der Waals surface area contributed by atoms with Gasteiger partial charge in [-0.05, 0) is 37.5 Å². The molecule has 1 aromatic carbocycles. The number of aromatic nitrogens is 7. The smallest absolute Gasteiger partial charge is 0.235 e. The third kappa shape index (κ3) is 6.69. The van der Waals surface area contributed by atoms with E-state index in [4.69, 9.17) is 14.2 Å². The maximum Gasteiger partial charge on any atom is 0.235 e. The van der Waals surface area contributed by atoms with Crippen LogP contribution in [0, 0.1) is 5.82 Å². The topological polar surface area (TPSA) is 148 Å². The highest BCUT2D eigenvalue weighted by atomic mass is 19.1. The second kappa shape index (κ2) is 12.5. The van der Waals surface area contributed by atoms with Gasteiger partial charge in [-0.3, -0.25) is 5.10 Å². The van der Waals surface area contributed by atoms with Crippen LogP contribution >= 0.6 is 0 Å². The van der Waals surface area contributed by atoms with Crippen molar-refractivity contribution in [1.82, 2.24) is 35.1 Å². The summed E-state index contributed by atoms with van der Waals surface area (Å²) in [5, 5.41) is 13.8. The minimum Gasteiger partial charge on any atom is -0.493 e. The molecule has 210 valence electrons. The number of aryl methyl sites for hydroxylation is 2. The van der Waals surface area contributed by atoms with Crippen molar-refractivity contribution in [2.75, 3.05) is 56.1 Å². The summed E-state index contributed by atoms with van der Waals surface area (Å²) >= 11 is 0. The molecule has 0 unspecified atom stereocenters. The van der Waals surface area contributed by atoms with Crippen molar-refractivity contribution in [3.05, 3.63) is 59.6 Å². The van der Waals surface area contributed by atoms with Gasteiger partial charge in [0.15, 0.2) is 23.1 Å². The Morgan fingerprint density at radius 3 is 2.50 bits per heavy atom. The number of benzene rings is 1. The molecule has 4 aromatic rings. The summed E-state index contributed by atoms with van der Waals surface area (Å²) in [7, 11) is 3.24. The molecule has 3 aromatic heterocycles. The van der Waals surface area contributed by atoms with E-state index in [0.29, 0.717) is 67.3 Å². The monoisotopic (exact) mass is 550 g/mol. The van der Waals surface area contributed by atoms with Crippen LogP contribution in [-0.4, -0.2) is 75.6 Å². The van der Waals surface area contributed by atoms with Crippen LogP contribution in [0.25, 0.3) is 0 Å². The fourth-order valence-corrected chi connectivity index (χ4v) is 4.18. The second-order valence-corrected chi connectivity index (χ2v) is 9.10. The van der Waals surface area contributed by atoms with Crippen molar-refractivity contribution in [3.8, 4) is 11.5 Å². The van der Waals surface area contributed by atoms with Gasteiger partial charge in [0.1, 0.15) is 5.82 Å². The number of nitrogens with one attached hydrogen (secondary N) is 3. The van der Waals surface area contributed by atoms with E-state index in [1.807, 2.05) is 36.1 Å². The van der Waals surface area contributed by atoms with Gasteiger partial charge in [0, 0.05) is 24.8 Å². The largest absolute Gasteiger partial charge is 0.493 e.